The van der Waals surface area contributed by atoms with Crippen LogP contribution in [0.3, 0.4) is 0 Å². The number of ether oxygens (including phenoxy) is 1. The number of methoxy groups -OCH3 is 1. The summed E-state index contributed by atoms with van der Waals surface area (Å²) >= 11 is 7.44. The van der Waals surface area contributed by atoms with Crippen molar-refractivity contribution in [2.45, 2.75) is 18.2 Å². The zero-order valence-corrected chi connectivity index (χ0v) is 14.9. The van der Waals surface area contributed by atoms with E-state index in [2.05, 4.69) is 81.2 Å². The predicted octanol–water partition coefficient (Wildman–Crippen LogP) is 5.43. The Morgan fingerprint density at radius 2 is 1.80 bits per heavy atom. The van der Waals surface area contributed by atoms with Gasteiger partial charge in [0.2, 0.25) is 0 Å². The quantitative estimate of drug-likeness (QED) is 0.611. The molecule has 0 saturated heterocycles. The van der Waals surface area contributed by atoms with E-state index < -0.39 is 0 Å². The van der Waals surface area contributed by atoms with Gasteiger partial charge in [-0.1, -0.05) is 68.3 Å². The fraction of sp³-hybridized carbons (Fsp3) is 0.294. The molecule has 2 aromatic carbocycles. The highest BCUT2D eigenvalue weighted by Gasteiger charge is 2.13. The summed E-state index contributed by atoms with van der Waals surface area (Å²) < 4.78 is 6.25. The molecule has 3 heteroatoms. The Hall–Kier alpha value is -0.640. The predicted molar refractivity (Wildman–Crippen MR) is 91.7 cm³/mol. The van der Waals surface area contributed by atoms with E-state index in [9.17, 15) is 0 Å². The largest absolute Gasteiger partial charge is 0.384 e. The average molecular weight is 398 g/mol. The van der Waals surface area contributed by atoms with Crippen molar-refractivity contribution in [2.75, 3.05) is 13.7 Å². The SMILES string of the molecule is COCCc1ccc(C(Br)c2ccc(C)cc2Br)cc1. The third kappa shape index (κ3) is 3.94. The lowest BCUT2D eigenvalue weighted by molar-refractivity contribution is 0.202. The average Bonchev–Trinajstić information content (AvgIpc) is 2.45. The molecule has 0 heterocycles. The van der Waals surface area contributed by atoms with Crippen LogP contribution in [0.2, 0.25) is 0 Å². The Labute approximate surface area is 137 Å². The van der Waals surface area contributed by atoms with E-state index in [1.807, 2.05) is 0 Å². The van der Waals surface area contributed by atoms with Gasteiger partial charge < -0.3 is 4.74 Å². The molecule has 0 radical (unpaired) electrons. The Morgan fingerprint density at radius 1 is 1.10 bits per heavy atom. The third-order valence-corrected chi connectivity index (χ3v) is 5.00. The summed E-state index contributed by atoms with van der Waals surface area (Å²) in [4.78, 5) is 0.203. The number of alkyl halides is 1. The van der Waals surface area contributed by atoms with Crippen LogP contribution in [0.4, 0.5) is 0 Å². The van der Waals surface area contributed by atoms with Crippen LogP contribution in [0, 0.1) is 6.92 Å². The van der Waals surface area contributed by atoms with Gasteiger partial charge in [-0.15, -0.1) is 0 Å². The Kier molecular flexibility index (Phi) is 5.82. The van der Waals surface area contributed by atoms with Crippen molar-refractivity contribution in [1.82, 2.24) is 0 Å². The minimum atomic E-state index is 0.203. The molecular formula is C17H18Br2O. The molecule has 2 rings (SSSR count). The van der Waals surface area contributed by atoms with Crippen LogP contribution in [0.1, 0.15) is 27.1 Å². The van der Waals surface area contributed by atoms with E-state index in [4.69, 9.17) is 4.74 Å². The summed E-state index contributed by atoms with van der Waals surface area (Å²) in [6.45, 7) is 2.86. The van der Waals surface area contributed by atoms with Gasteiger partial charge in [-0.05, 0) is 41.7 Å². The minimum Gasteiger partial charge on any atom is -0.384 e. The number of rotatable bonds is 5. The Bertz CT molecular complexity index is 564. The Balaban J connectivity index is 2.18. The maximum absolute atomic E-state index is 5.10. The molecule has 0 fully saturated rings. The molecule has 0 saturated carbocycles. The van der Waals surface area contributed by atoms with E-state index in [0.717, 1.165) is 17.5 Å². The van der Waals surface area contributed by atoms with Gasteiger partial charge in [0, 0.05) is 11.6 Å². The van der Waals surface area contributed by atoms with Gasteiger partial charge in [0.25, 0.3) is 0 Å². The van der Waals surface area contributed by atoms with E-state index >= 15 is 0 Å². The zero-order valence-electron chi connectivity index (χ0n) is 11.7. The first-order chi connectivity index (χ1) is 9.61. The van der Waals surface area contributed by atoms with Crippen LogP contribution in [0.25, 0.3) is 0 Å². The summed E-state index contributed by atoms with van der Waals surface area (Å²) in [5, 5.41) is 0. The molecule has 0 aromatic heterocycles. The fourth-order valence-electron chi connectivity index (χ4n) is 2.09. The van der Waals surface area contributed by atoms with Crippen LogP contribution >= 0.6 is 31.9 Å². The van der Waals surface area contributed by atoms with Crippen LogP contribution in [-0.2, 0) is 11.2 Å². The van der Waals surface area contributed by atoms with Crippen molar-refractivity contribution in [1.29, 1.82) is 0 Å². The normalized spacial score (nSPS) is 12.4. The summed E-state index contributed by atoms with van der Waals surface area (Å²) in [7, 11) is 1.73. The van der Waals surface area contributed by atoms with Gasteiger partial charge >= 0.3 is 0 Å². The highest BCUT2D eigenvalue weighted by Crippen LogP contribution is 2.35. The van der Waals surface area contributed by atoms with Gasteiger partial charge in [0.1, 0.15) is 0 Å². The third-order valence-electron chi connectivity index (χ3n) is 3.30. The molecule has 0 aliphatic rings. The van der Waals surface area contributed by atoms with Crippen LogP contribution < -0.4 is 0 Å². The molecular weight excluding hydrogens is 380 g/mol. The highest BCUT2D eigenvalue weighted by molar-refractivity contribution is 9.11. The molecule has 0 spiro atoms. The number of aryl methyl sites for hydroxylation is 1. The van der Waals surface area contributed by atoms with Crippen LogP contribution in [-0.4, -0.2) is 13.7 Å². The molecule has 0 N–H and O–H groups in total. The molecule has 20 heavy (non-hydrogen) atoms. The van der Waals surface area contributed by atoms with Crippen LogP contribution in [0.15, 0.2) is 46.9 Å². The fourth-order valence-corrected chi connectivity index (χ4v) is 3.82. The maximum atomic E-state index is 5.10. The molecule has 0 bridgehead atoms. The van der Waals surface area contributed by atoms with Crippen molar-refractivity contribution in [3.05, 3.63) is 69.2 Å². The summed E-state index contributed by atoms with van der Waals surface area (Å²) in [5.74, 6) is 0. The standard InChI is InChI=1S/C17H18Br2O/c1-12-3-8-15(16(18)11-12)17(19)14-6-4-13(5-7-14)9-10-20-2/h3-8,11,17H,9-10H2,1-2H3. The molecule has 0 aliphatic carbocycles. The first kappa shape index (κ1) is 15.7. The van der Waals surface area contributed by atoms with Gasteiger partial charge in [-0.25, -0.2) is 0 Å². The Morgan fingerprint density at radius 3 is 2.40 bits per heavy atom. The van der Waals surface area contributed by atoms with Crippen molar-refractivity contribution in [3.63, 3.8) is 0 Å². The number of hydrogen-bond donors (Lipinski definition) is 0. The van der Waals surface area contributed by atoms with Crippen molar-refractivity contribution in [2.24, 2.45) is 0 Å². The van der Waals surface area contributed by atoms with E-state index in [-0.39, 0.29) is 4.83 Å². The second-order valence-corrected chi connectivity index (χ2v) is 6.64. The summed E-state index contributed by atoms with van der Waals surface area (Å²) in [6, 6.07) is 15.2. The molecule has 1 unspecified atom stereocenters. The number of hydrogen-bond acceptors (Lipinski definition) is 1. The van der Waals surface area contributed by atoms with Gasteiger partial charge in [0.15, 0.2) is 0 Å². The smallest absolute Gasteiger partial charge is 0.0655 e. The minimum absolute atomic E-state index is 0.203. The first-order valence-corrected chi connectivity index (χ1v) is 8.30. The monoisotopic (exact) mass is 396 g/mol. The van der Waals surface area contributed by atoms with Crippen LogP contribution in [0.5, 0.6) is 0 Å². The topological polar surface area (TPSA) is 9.23 Å². The van der Waals surface area contributed by atoms with Crippen molar-refractivity contribution in [3.8, 4) is 0 Å². The molecule has 106 valence electrons. The van der Waals surface area contributed by atoms with E-state index in [1.54, 1.807) is 7.11 Å². The van der Waals surface area contributed by atoms with Gasteiger partial charge in [-0.2, -0.15) is 0 Å². The number of halogens is 2. The van der Waals surface area contributed by atoms with Crippen molar-refractivity contribution < 1.29 is 4.74 Å². The summed E-state index contributed by atoms with van der Waals surface area (Å²) in [5.41, 5.74) is 5.07. The lowest BCUT2D eigenvalue weighted by Gasteiger charge is -2.14. The molecule has 2 aromatic rings. The molecule has 1 atom stereocenters. The zero-order chi connectivity index (χ0) is 14.5. The summed E-state index contributed by atoms with van der Waals surface area (Å²) in [6.07, 6.45) is 0.956. The second kappa shape index (κ2) is 7.39. The van der Waals surface area contributed by atoms with E-state index in [1.165, 1.54) is 22.3 Å². The molecule has 0 aliphatic heterocycles. The first-order valence-electron chi connectivity index (χ1n) is 6.59. The van der Waals surface area contributed by atoms with Crippen molar-refractivity contribution >= 4 is 31.9 Å². The van der Waals surface area contributed by atoms with Gasteiger partial charge in [0.05, 0.1) is 11.4 Å². The molecule has 1 nitrogen and oxygen atoms in total. The van der Waals surface area contributed by atoms with Gasteiger partial charge in [-0.3, -0.25) is 0 Å². The lowest BCUT2D eigenvalue weighted by Crippen LogP contribution is -1.97. The highest BCUT2D eigenvalue weighted by atomic mass is 79.9. The van der Waals surface area contributed by atoms with E-state index in [0.29, 0.717) is 0 Å². The maximum Gasteiger partial charge on any atom is 0.0655 e. The second-order valence-electron chi connectivity index (χ2n) is 4.87. The number of benzene rings is 2. The molecule has 0 amide bonds. The lowest BCUT2D eigenvalue weighted by atomic mass is 10.0.